The third-order valence-electron chi connectivity index (χ3n) is 3.34. The average Bonchev–Trinajstić information content (AvgIpc) is 2.79. The van der Waals surface area contributed by atoms with Crippen molar-refractivity contribution in [3.8, 4) is 0 Å². The lowest BCUT2D eigenvalue weighted by Gasteiger charge is -2.17. The van der Waals surface area contributed by atoms with Crippen molar-refractivity contribution in [2.24, 2.45) is 12.9 Å². The molecule has 0 saturated carbocycles. The third kappa shape index (κ3) is 3.02. The van der Waals surface area contributed by atoms with Crippen LogP contribution in [-0.4, -0.2) is 9.78 Å². The Kier molecular flexibility index (Phi) is 4.46. The molecule has 0 radical (unpaired) electrons. The van der Waals surface area contributed by atoms with Crippen LogP contribution in [0.3, 0.4) is 0 Å². The van der Waals surface area contributed by atoms with Gasteiger partial charge < -0.3 is 0 Å². The standard InChI is InChI=1S/C14H18F2N4/c1-3-10-7-11(20(2)19-10)8-14(18-17)12-6-9(15)4-5-13(12)16/h4-7,14,18H,3,8,17H2,1-2H3. The van der Waals surface area contributed by atoms with Gasteiger partial charge in [-0.1, -0.05) is 6.92 Å². The van der Waals surface area contributed by atoms with Crippen LogP contribution in [0.5, 0.6) is 0 Å². The monoisotopic (exact) mass is 280 g/mol. The highest BCUT2D eigenvalue weighted by molar-refractivity contribution is 5.24. The molecular formula is C14H18F2N4. The van der Waals surface area contributed by atoms with Crippen molar-refractivity contribution in [1.82, 2.24) is 15.2 Å². The summed E-state index contributed by atoms with van der Waals surface area (Å²) in [6, 6.07) is 4.80. The molecule has 108 valence electrons. The first-order valence-corrected chi connectivity index (χ1v) is 6.48. The van der Waals surface area contributed by atoms with Crippen molar-refractivity contribution in [1.29, 1.82) is 0 Å². The summed E-state index contributed by atoms with van der Waals surface area (Å²) in [6.45, 7) is 2.01. The summed E-state index contributed by atoms with van der Waals surface area (Å²) in [4.78, 5) is 0. The molecule has 1 heterocycles. The summed E-state index contributed by atoms with van der Waals surface area (Å²) in [5, 5.41) is 4.33. The number of benzene rings is 1. The molecule has 6 heteroatoms. The normalized spacial score (nSPS) is 12.7. The fraction of sp³-hybridized carbons (Fsp3) is 0.357. The number of aromatic nitrogens is 2. The first-order valence-electron chi connectivity index (χ1n) is 6.48. The van der Waals surface area contributed by atoms with E-state index in [1.807, 2.05) is 20.0 Å². The van der Waals surface area contributed by atoms with Crippen LogP contribution in [0.1, 0.15) is 29.9 Å². The number of nitrogens with two attached hydrogens (primary N) is 1. The lowest BCUT2D eigenvalue weighted by Crippen LogP contribution is -2.31. The summed E-state index contributed by atoms with van der Waals surface area (Å²) in [7, 11) is 1.82. The SMILES string of the molecule is CCc1cc(CC(NN)c2cc(F)ccc2F)n(C)n1. The van der Waals surface area contributed by atoms with Crippen molar-refractivity contribution < 1.29 is 8.78 Å². The predicted molar refractivity (Wildman–Crippen MR) is 72.7 cm³/mol. The highest BCUT2D eigenvalue weighted by Gasteiger charge is 2.18. The molecule has 0 amide bonds. The number of hydrazine groups is 1. The number of hydrogen-bond acceptors (Lipinski definition) is 3. The predicted octanol–water partition coefficient (Wildman–Crippen LogP) is 2.01. The summed E-state index contributed by atoms with van der Waals surface area (Å²) in [5.41, 5.74) is 4.62. The van der Waals surface area contributed by atoms with Gasteiger partial charge in [0.2, 0.25) is 0 Å². The van der Waals surface area contributed by atoms with E-state index in [1.165, 1.54) is 0 Å². The molecule has 1 aromatic heterocycles. The van der Waals surface area contributed by atoms with Gasteiger partial charge in [0.05, 0.1) is 11.7 Å². The lowest BCUT2D eigenvalue weighted by molar-refractivity contribution is 0.491. The summed E-state index contributed by atoms with van der Waals surface area (Å²) >= 11 is 0. The van der Waals surface area contributed by atoms with Gasteiger partial charge in [-0.15, -0.1) is 0 Å². The van der Waals surface area contributed by atoms with Crippen LogP contribution < -0.4 is 11.3 Å². The highest BCUT2D eigenvalue weighted by Crippen LogP contribution is 2.22. The maximum absolute atomic E-state index is 13.8. The zero-order valence-corrected chi connectivity index (χ0v) is 11.5. The topological polar surface area (TPSA) is 55.9 Å². The molecule has 0 aliphatic carbocycles. The second-order valence-electron chi connectivity index (χ2n) is 4.69. The first-order chi connectivity index (χ1) is 9.55. The zero-order valence-electron chi connectivity index (χ0n) is 11.5. The number of rotatable bonds is 5. The van der Waals surface area contributed by atoms with Crippen LogP contribution in [0.4, 0.5) is 8.78 Å². The second kappa shape index (κ2) is 6.11. The van der Waals surface area contributed by atoms with Gasteiger partial charge in [-0.05, 0) is 30.7 Å². The number of halogens is 2. The van der Waals surface area contributed by atoms with E-state index < -0.39 is 17.7 Å². The molecule has 0 saturated heterocycles. The van der Waals surface area contributed by atoms with Gasteiger partial charge in [0.1, 0.15) is 11.6 Å². The van der Waals surface area contributed by atoms with Crippen LogP contribution in [0.2, 0.25) is 0 Å². The maximum Gasteiger partial charge on any atom is 0.128 e. The molecule has 1 unspecified atom stereocenters. The van der Waals surface area contributed by atoms with Crippen LogP contribution in [0.25, 0.3) is 0 Å². The average molecular weight is 280 g/mol. The molecule has 2 aromatic rings. The largest absolute Gasteiger partial charge is 0.272 e. The molecule has 1 aromatic carbocycles. The van der Waals surface area contributed by atoms with Gasteiger partial charge in [-0.3, -0.25) is 16.0 Å². The summed E-state index contributed by atoms with van der Waals surface area (Å²) < 4.78 is 28.8. The van der Waals surface area contributed by atoms with E-state index in [9.17, 15) is 8.78 Å². The smallest absolute Gasteiger partial charge is 0.128 e. The molecular weight excluding hydrogens is 262 g/mol. The Morgan fingerprint density at radius 1 is 1.35 bits per heavy atom. The molecule has 0 spiro atoms. The van der Waals surface area contributed by atoms with Gasteiger partial charge in [0, 0.05) is 24.7 Å². The Morgan fingerprint density at radius 2 is 2.10 bits per heavy atom. The fourth-order valence-electron chi connectivity index (χ4n) is 2.18. The molecule has 0 aliphatic rings. The minimum atomic E-state index is -0.509. The first kappa shape index (κ1) is 14.6. The molecule has 4 nitrogen and oxygen atoms in total. The van der Waals surface area contributed by atoms with Crippen LogP contribution in [0, 0.1) is 11.6 Å². The minimum Gasteiger partial charge on any atom is -0.272 e. The Bertz CT molecular complexity index is 595. The number of nitrogens with one attached hydrogen (secondary N) is 1. The summed E-state index contributed by atoms with van der Waals surface area (Å²) in [5.74, 6) is 4.53. The Balaban J connectivity index is 2.28. The molecule has 1 atom stereocenters. The fourth-order valence-corrected chi connectivity index (χ4v) is 2.18. The van der Waals surface area contributed by atoms with Gasteiger partial charge in [-0.2, -0.15) is 5.10 Å². The van der Waals surface area contributed by atoms with Crippen LogP contribution in [-0.2, 0) is 19.9 Å². The molecule has 0 bridgehead atoms. The Hall–Kier alpha value is -1.79. The minimum absolute atomic E-state index is 0.215. The number of nitrogens with zero attached hydrogens (tertiary/aromatic N) is 2. The van der Waals surface area contributed by atoms with E-state index in [1.54, 1.807) is 4.68 Å². The van der Waals surface area contributed by atoms with E-state index >= 15 is 0 Å². The van der Waals surface area contributed by atoms with E-state index in [0.717, 1.165) is 36.0 Å². The van der Waals surface area contributed by atoms with E-state index in [0.29, 0.717) is 6.42 Å². The van der Waals surface area contributed by atoms with Crippen molar-refractivity contribution in [2.45, 2.75) is 25.8 Å². The molecule has 3 N–H and O–H groups in total. The molecule has 2 rings (SSSR count). The molecule has 0 aliphatic heterocycles. The van der Waals surface area contributed by atoms with E-state index in [2.05, 4.69) is 10.5 Å². The van der Waals surface area contributed by atoms with Crippen molar-refractivity contribution in [3.05, 3.63) is 52.9 Å². The Labute approximate surface area is 116 Å². The lowest BCUT2D eigenvalue weighted by atomic mass is 10.0. The van der Waals surface area contributed by atoms with Gasteiger partial charge in [-0.25, -0.2) is 8.78 Å². The van der Waals surface area contributed by atoms with Gasteiger partial charge in [0.15, 0.2) is 0 Å². The zero-order chi connectivity index (χ0) is 14.7. The quantitative estimate of drug-likeness (QED) is 0.650. The van der Waals surface area contributed by atoms with Gasteiger partial charge in [0.25, 0.3) is 0 Å². The Morgan fingerprint density at radius 3 is 2.70 bits per heavy atom. The highest BCUT2D eigenvalue weighted by atomic mass is 19.1. The maximum atomic E-state index is 13.8. The van der Waals surface area contributed by atoms with Crippen molar-refractivity contribution >= 4 is 0 Å². The number of aryl methyl sites for hydroxylation is 2. The second-order valence-corrected chi connectivity index (χ2v) is 4.69. The number of hydrogen-bond donors (Lipinski definition) is 2. The van der Waals surface area contributed by atoms with E-state index in [4.69, 9.17) is 5.84 Å². The van der Waals surface area contributed by atoms with Crippen molar-refractivity contribution in [3.63, 3.8) is 0 Å². The molecule has 20 heavy (non-hydrogen) atoms. The van der Waals surface area contributed by atoms with Crippen LogP contribution >= 0.6 is 0 Å². The summed E-state index contributed by atoms with van der Waals surface area (Å²) in [6.07, 6.45) is 1.25. The third-order valence-corrected chi connectivity index (χ3v) is 3.34. The van der Waals surface area contributed by atoms with Gasteiger partial charge >= 0.3 is 0 Å². The van der Waals surface area contributed by atoms with Crippen LogP contribution in [0.15, 0.2) is 24.3 Å². The van der Waals surface area contributed by atoms with Crippen molar-refractivity contribution in [2.75, 3.05) is 0 Å². The van der Waals surface area contributed by atoms with E-state index in [-0.39, 0.29) is 5.56 Å². The molecule has 0 fully saturated rings.